The second-order valence-corrected chi connectivity index (χ2v) is 10.6. The van der Waals surface area contributed by atoms with Crippen molar-refractivity contribution in [3.05, 3.63) is 95.0 Å². The molecule has 0 saturated carbocycles. The summed E-state index contributed by atoms with van der Waals surface area (Å²) >= 11 is 6.34. The number of aryl methyl sites for hydroxylation is 1. The van der Waals surface area contributed by atoms with Gasteiger partial charge in [0.25, 0.3) is 10.0 Å². The van der Waals surface area contributed by atoms with Gasteiger partial charge in [-0.15, -0.1) is 0 Å². The molecule has 0 heterocycles. The number of rotatable bonds is 10. The zero-order valence-electron chi connectivity index (χ0n) is 20.5. The molecule has 2 amide bonds. The summed E-state index contributed by atoms with van der Waals surface area (Å²) in [7, 11) is -4.07. The van der Waals surface area contributed by atoms with E-state index in [1.807, 2.05) is 6.92 Å². The number of sulfonamides is 1. The minimum Gasteiger partial charge on any atom is -0.355 e. The Balaban J connectivity index is 2.02. The maximum Gasteiger partial charge on any atom is 0.264 e. The first-order chi connectivity index (χ1) is 17.1. The number of nitrogens with zero attached hydrogens (tertiary/aromatic N) is 2. The third kappa shape index (κ3) is 6.44. The van der Waals surface area contributed by atoms with Crippen LogP contribution in [-0.2, 0) is 26.2 Å². The third-order valence-corrected chi connectivity index (χ3v) is 7.91. The van der Waals surface area contributed by atoms with Crippen LogP contribution in [0, 0.1) is 6.92 Å². The molecule has 1 unspecified atom stereocenters. The van der Waals surface area contributed by atoms with Crippen LogP contribution in [0.25, 0.3) is 0 Å². The first-order valence-corrected chi connectivity index (χ1v) is 13.4. The van der Waals surface area contributed by atoms with Gasteiger partial charge in [0.15, 0.2) is 0 Å². The number of anilines is 1. The zero-order chi connectivity index (χ0) is 26.3. The Kier molecular flexibility index (Phi) is 9.12. The molecule has 36 heavy (non-hydrogen) atoms. The number of hydrogen-bond donors (Lipinski definition) is 1. The SMILES string of the molecule is CCNC(=O)C(C)N(Cc1ccccc1Cl)C(=O)CN(c1ccc(C)cc1)S(=O)(=O)c1ccccc1. The molecule has 0 aliphatic rings. The molecule has 0 aliphatic carbocycles. The Morgan fingerprint density at radius 1 is 0.944 bits per heavy atom. The maximum atomic E-state index is 13.7. The van der Waals surface area contributed by atoms with Crippen LogP contribution in [0.1, 0.15) is 25.0 Å². The smallest absolute Gasteiger partial charge is 0.264 e. The largest absolute Gasteiger partial charge is 0.355 e. The Morgan fingerprint density at radius 2 is 1.56 bits per heavy atom. The van der Waals surface area contributed by atoms with Crippen LogP contribution in [0.4, 0.5) is 5.69 Å². The standard InChI is InChI=1S/C27H30ClN3O4S/c1-4-29-27(33)21(3)30(18-22-10-8-9-13-25(22)28)26(32)19-31(23-16-14-20(2)15-17-23)36(34,35)24-11-6-5-7-12-24/h5-17,21H,4,18-19H2,1-3H3,(H,29,33). The predicted molar refractivity (Wildman–Crippen MR) is 142 cm³/mol. The van der Waals surface area contributed by atoms with Gasteiger partial charge in [0.2, 0.25) is 11.8 Å². The number of benzene rings is 3. The van der Waals surface area contributed by atoms with E-state index in [-0.39, 0.29) is 17.3 Å². The lowest BCUT2D eigenvalue weighted by molar-refractivity contribution is -0.139. The molecule has 0 aromatic heterocycles. The fourth-order valence-electron chi connectivity index (χ4n) is 3.67. The van der Waals surface area contributed by atoms with Crippen LogP contribution in [0.5, 0.6) is 0 Å². The van der Waals surface area contributed by atoms with Gasteiger partial charge in [0, 0.05) is 18.1 Å². The topological polar surface area (TPSA) is 86.8 Å². The molecule has 0 bridgehead atoms. The van der Waals surface area contributed by atoms with Crippen molar-refractivity contribution in [1.29, 1.82) is 0 Å². The van der Waals surface area contributed by atoms with E-state index in [2.05, 4.69) is 5.32 Å². The Hall–Kier alpha value is -3.36. The van der Waals surface area contributed by atoms with E-state index < -0.39 is 28.5 Å². The summed E-state index contributed by atoms with van der Waals surface area (Å²) in [4.78, 5) is 27.9. The van der Waals surface area contributed by atoms with E-state index in [1.54, 1.807) is 80.6 Å². The van der Waals surface area contributed by atoms with Crippen LogP contribution >= 0.6 is 11.6 Å². The molecule has 0 spiro atoms. The average molecular weight is 528 g/mol. The van der Waals surface area contributed by atoms with Crippen molar-refractivity contribution in [2.24, 2.45) is 0 Å². The van der Waals surface area contributed by atoms with Crippen molar-refractivity contribution in [2.45, 2.75) is 38.3 Å². The molecule has 0 fully saturated rings. The summed E-state index contributed by atoms with van der Waals surface area (Å²) in [6.07, 6.45) is 0. The molecule has 0 saturated heterocycles. The summed E-state index contributed by atoms with van der Waals surface area (Å²) in [5.41, 5.74) is 1.95. The monoisotopic (exact) mass is 527 g/mol. The second kappa shape index (κ2) is 12.1. The highest BCUT2D eigenvalue weighted by Gasteiger charge is 2.32. The van der Waals surface area contributed by atoms with Gasteiger partial charge in [0.1, 0.15) is 12.6 Å². The number of likely N-dealkylation sites (N-methyl/N-ethyl adjacent to an activating group) is 1. The summed E-state index contributed by atoms with van der Waals surface area (Å²) in [5, 5.41) is 3.18. The number of nitrogens with one attached hydrogen (secondary N) is 1. The number of amides is 2. The highest BCUT2D eigenvalue weighted by atomic mass is 35.5. The number of carbonyl (C=O) groups excluding carboxylic acids is 2. The average Bonchev–Trinajstić information content (AvgIpc) is 2.87. The zero-order valence-corrected chi connectivity index (χ0v) is 22.1. The molecule has 9 heteroatoms. The molecule has 1 atom stereocenters. The fourth-order valence-corrected chi connectivity index (χ4v) is 5.30. The normalized spacial score (nSPS) is 12.0. The molecule has 3 aromatic rings. The fraction of sp³-hybridized carbons (Fsp3) is 0.259. The summed E-state index contributed by atoms with van der Waals surface area (Å²) < 4.78 is 28.4. The van der Waals surface area contributed by atoms with Crippen molar-refractivity contribution in [1.82, 2.24) is 10.2 Å². The molecule has 0 radical (unpaired) electrons. The molecule has 1 N–H and O–H groups in total. The lowest BCUT2D eigenvalue weighted by atomic mass is 10.1. The lowest BCUT2D eigenvalue weighted by Crippen LogP contribution is -2.51. The summed E-state index contributed by atoms with van der Waals surface area (Å²) in [5.74, 6) is -0.876. The highest BCUT2D eigenvalue weighted by Crippen LogP contribution is 2.25. The van der Waals surface area contributed by atoms with E-state index >= 15 is 0 Å². The van der Waals surface area contributed by atoms with Crippen LogP contribution in [0.3, 0.4) is 0 Å². The Labute approximate surface area is 217 Å². The van der Waals surface area contributed by atoms with E-state index in [0.717, 1.165) is 9.87 Å². The van der Waals surface area contributed by atoms with E-state index in [4.69, 9.17) is 11.6 Å². The number of carbonyl (C=O) groups is 2. The van der Waals surface area contributed by atoms with E-state index in [0.29, 0.717) is 22.8 Å². The minimum atomic E-state index is -4.07. The second-order valence-electron chi connectivity index (χ2n) is 8.34. The molecular weight excluding hydrogens is 498 g/mol. The van der Waals surface area contributed by atoms with E-state index in [9.17, 15) is 18.0 Å². The Morgan fingerprint density at radius 3 is 2.17 bits per heavy atom. The third-order valence-electron chi connectivity index (χ3n) is 5.75. The van der Waals surface area contributed by atoms with Crippen molar-refractivity contribution < 1.29 is 18.0 Å². The van der Waals surface area contributed by atoms with E-state index in [1.165, 1.54) is 17.0 Å². The summed E-state index contributed by atoms with van der Waals surface area (Å²) in [6, 6.07) is 21.0. The molecule has 190 valence electrons. The highest BCUT2D eigenvalue weighted by molar-refractivity contribution is 7.92. The number of halogens is 1. The minimum absolute atomic E-state index is 0.0456. The van der Waals surface area contributed by atoms with Crippen LogP contribution in [-0.4, -0.2) is 44.3 Å². The Bertz CT molecular complexity index is 1300. The van der Waals surface area contributed by atoms with Crippen molar-refractivity contribution in [3.63, 3.8) is 0 Å². The molecular formula is C27H30ClN3O4S. The molecule has 0 aliphatic heterocycles. The quantitative estimate of drug-likeness (QED) is 0.423. The van der Waals surface area contributed by atoms with Gasteiger partial charge in [-0.05, 0) is 56.7 Å². The van der Waals surface area contributed by atoms with Gasteiger partial charge in [-0.2, -0.15) is 0 Å². The molecule has 3 aromatic carbocycles. The first-order valence-electron chi connectivity index (χ1n) is 11.6. The van der Waals surface area contributed by atoms with Gasteiger partial charge in [-0.25, -0.2) is 8.42 Å². The van der Waals surface area contributed by atoms with Crippen molar-refractivity contribution in [2.75, 3.05) is 17.4 Å². The van der Waals surface area contributed by atoms with Gasteiger partial charge < -0.3 is 10.2 Å². The van der Waals surface area contributed by atoms with Crippen molar-refractivity contribution in [3.8, 4) is 0 Å². The molecule has 7 nitrogen and oxygen atoms in total. The lowest BCUT2D eigenvalue weighted by Gasteiger charge is -2.32. The van der Waals surface area contributed by atoms with Crippen LogP contribution < -0.4 is 9.62 Å². The summed E-state index contributed by atoms with van der Waals surface area (Å²) in [6.45, 7) is 5.25. The van der Waals surface area contributed by atoms with Gasteiger partial charge in [0.05, 0.1) is 10.6 Å². The van der Waals surface area contributed by atoms with Crippen molar-refractivity contribution >= 4 is 39.1 Å². The van der Waals surface area contributed by atoms with Crippen LogP contribution in [0.2, 0.25) is 5.02 Å². The van der Waals surface area contributed by atoms with Gasteiger partial charge >= 0.3 is 0 Å². The van der Waals surface area contributed by atoms with Crippen LogP contribution in [0.15, 0.2) is 83.8 Å². The maximum absolute atomic E-state index is 13.7. The molecule has 3 rings (SSSR count). The predicted octanol–water partition coefficient (Wildman–Crippen LogP) is 4.40. The van der Waals surface area contributed by atoms with Gasteiger partial charge in [-0.3, -0.25) is 13.9 Å². The first kappa shape index (κ1) is 27.2. The number of hydrogen-bond acceptors (Lipinski definition) is 4. The van der Waals surface area contributed by atoms with Gasteiger partial charge in [-0.1, -0.05) is 65.7 Å².